The number of aliphatic hydroxyl groups excluding tert-OH is 1. The van der Waals surface area contributed by atoms with Crippen molar-refractivity contribution in [1.29, 1.82) is 0 Å². The average Bonchev–Trinajstić information content (AvgIpc) is 2.86. The van der Waals surface area contributed by atoms with Crippen LogP contribution in [0, 0.1) is 0 Å². The maximum absolute atomic E-state index is 10.9. The van der Waals surface area contributed by atoms with E-state index in [1.165, 1.54) is 4.68 Å². The van der Waals surface area contributed by atoms with Crippen LogP contribution in [-0.4, -0.2) is 41.3 Å². The highest BCUT2D eigenvalue weighted by Gasteiger charge is 2.14. The normalized spacial score (nSPS) is 13.3. The van der Waals surface area contributed by atoms with Crippen LogP contribution in [0.2, 0.25) is 0 Å². The van der Waals surface area contributed by atoms with Gasteiger partial charge in [-0.25, -0.2) is 13.1 Å². The van der Waals surface area contributed by atoms with Crippen molar-refractivity contribution < 1.29 is 13.5 Å². The molecule has 20 heavy (non-hydrogen) atoms. The van der Waals surface area contributed by atoms with Gasteiger partial charge in [0.15, 0.2) is 0 Å². The molecular weight excluding hydrogens is 280 g/mol. The molecule has 0 aliphatic heterocycles. The van der Waals surface area contributed by atoms with Crippen LogP contribution in [0.25, 0.3) is 0 Å². The van der Waals surface area contributed by atoms with Gasteiger partial charge in [-0.1, -0.05) is 35.5 Å². The third-order valence-electron chi connectivity index (χ3n) is 2.66. The van der Waals surface area contributed by atoms with E-state index in [2.05, 4.69) is 15.0 Å². The van der Waals surface area contributed by atoms with Gasteiger partial charge in [-0.3, -0.25) is 4.68 Å². The summed E-state index contributed by atoms with van der Waals surface area (Å²) in [6, 6.07) is 9.13. The molecule has 0 aliphatic carbocycles. The highest BCUT2D eigenvalue weighted by molar-refractivity contribution is 7.88. The van der Waals surface area contributed by atoms with Crippen LogP contribution in [0.4, 0.5) is 0 Å². The molecule has 2 N–H and O–H groups in total. The summed E-state index contributed by atoms with van der Waals surface area (Å²) in [5.74, 6) is 0. The molecule has 2 aromatic rings. The summed E-state index contributed by atoms with van der Waals surface area (Å²) in [4.78, 5) is 0. The van der Waals surface area contributed by atoms with Crippen molar-refractivity contribution in [3.8, 4) is 0 Å². The van der Waals surface area contributed by atoms with Crippen molar-refractivity contribution in [1.82, 2.24) is 19.7 Å². The van der Waals surface area contributed by atoms with Crippen molar-refractivity contribution in [2.75, 3.05) is 12.8 Å². The van der Waals surface area contributed by atoms with Gasteiger partial charge < -0.3 is 5.11 Å². The molecule has 1 atom stereocenters. The maximum Gasteiger partial charge on any atom is 0.208 e. The molecule has 1 aromatic carbocycles. The number of benzene rings is 1. The molecule has 0 saturated heterocycles. The fourth-order valence-corrected chi connectivity index (χ4v) is 2.16. The number of sulfonamides is 1. The monoisotopic (exact) mass is 296 g/mol. The molecule has 0 spiro atoms. The number of aliphatic hydroxyl groups is 1. The van der Waals surface area contributed by atoms with Crippen LogP contribution in [0.5, 0.6) is 0 Å². The summed E-state index contributed by atoms with van der Waals surface area (Å²) in [5.41, 5.74) is 1.16. The second-order valence-electron chi connectivity index (χ2n) is 4.39. The molecule has 1 aromatic heterocycles. The lowest BCUT2D eigenvalue weighted by Gasteiger charge is -2.06. The first-order valence-electron chi connectivity index (χ1n) is 6.03. The van der Waals surface area contributed by atoms with Crippen molar-refractivity contribution in [3.05, 3.63) is 47.8 Å². The van der Waals surface area contributed by atoms with Gasteiger partial charge in [0.2, 0.25) is 10.0 Å². The maximum atomic E-state index is 10.9. The largest absolute Gasteiger partial charge is 0.382 e. The third kappa shape index (κ3) is 4.12. The molecule has 0 unspecified atom stereocenters. The smallest absolute Gasteiger partial charge is 0.208 e. The number of nitrogens with one attached hydrogen (secondary N) is 1. The Balaban J connectivity index is 1.99. The van der Waals surface area contributed by atoms with Crippen molar-refractivity contribution in [3.63, 3.8) is 0 Å². The lowest BCUT2D eigenvalue weighted by molar-refractivity contribution is 0.215. The van der Waals surface area contributed by atoms with E-state index in [0.717, 1.165) is 11.8 Å². The van der Waals surface area contributed by atoms with Gasteiger partial charge in [0, 0.05) is 6.54 Å². The Morgan fingerprint density at radius 3 is 2.70 bits per heavy atom. The molecule has 0 aliphatic rings. The van der Waals surface area contributed by atoms with E-state index in [9.17, 15) is 13.5 Å². The van der Waals surface area contributed by atoms with Gasteiger partial charge in [0.05, 0.1) is 19.0 Å². The zero-order valence-corrected chi connectivity index (χ0v) is 11.8. The number of rotatable bonds is 6. The fourth-order valence-electron chi connectivity index (χ4n) is 1.70. The number of hydrogen-bond acceptors (Lipinski definition) is 5. The molecule has 7 nitrogen and oxygen atoms in total. The molecule has 108 valence electrons. The Labute approximate surface area is 117 Å². The van der Waals surface area contributed by atoms with E-state index in [1.807, 2.05) is 18.2 Å². The van der Waals surface area contributed by atoms with Crippen LogP contribution in [-0.2, 0) is 16.6 Å². The molecular formula is C12H16N4O3S. The standard InChI is InChI=1S/C12H16N4O3S/c1-20(18,19)13-7-8-16-9-11(14-15-16)12(17)10-5-3-2-4-6-10/h2-6,9,12-13,17H,7-8H2,1H3/t12-/m1/s1. The number of nitrogens with zero attached hydrogens (tertiary/aromatic N) is 3. The van der Waals surface area contributed by atoms with E-state index in [-0.39, 0.29) is 6.54 Å². The Morgan fingerprint density at radius 2 is 2.05 bits per heavy atom. The van der Waals surface area contributed by atoms with Crippen LogP contribution in [0.1, 0.15) is 17.4 Å². The van der Waals surface area contributed by atoms with Crippen LogP contribution < -0.4 is 4.72 Å². The molecule has 8 heteroatoms. The summed E-state index contributed by atoms with van der Waals surface area (Å²) in [6.07, 6.45) is 1.86. The summed E-state index contributed by atoms with van der Waals surface area (Å²) in [6.45, 7) is 0.574. The Hall–Kier alpha value is -1.77. The predicted octanol–water partition coefficient (Wildman–Crippen LogP) is -0.0910. The highest BCUT2D eigenvalue weighted by atomic mass is 32.2. The minimum absolute atomic E-state index is 0.225. The molecule has 0 fully saturated rings. The average molecular weight is 296 g/mol. The fraction of sp³-hybridized carbons (Fsp3) is 0.333. The summed E-state index contributed by atoms with van der Waals surface area (Å²) < 4.78 is 25.7. The first-order valence-corrected chi connectivity index (χ1v) is 7.92. The van der Waals surface area contributed by atoms with Gasteiger partial charge in [-0.2, -0.15) is 0 Å². The van der Waals surface area contributed by atoms with E-state index in [4.69, 9.17) is 0 Å². The van der Waals surface area contributed by atoms with Gasteiger partial charge in [0.25, 0.3) is 0 Å². The predicted molar refractivity (Wildman–Crippen MR) is 73.4 cm³/mol. The second-order valence-corrected chi connectivity index (χ2v) is 6.22. The Morgan fingerprint density at radius 1 is 1.35 bits per heavy atom. The number of aromatic nitrogens is 3. The van der Waals surface area contributed by atoms with Crippen molar-refractivity contribution in [2.45, 2.75) is 12.6 Å². The lowest BCUT2D eigenvalue weighted by atomic mass is 10.1. The second kappa shape index (κ2) is 6.12. The van der Waals surface area contributed by atoms with Gasteiger partial charge in [0.1, 0.15) is 11.8 Å². The SMILES string of the molecule is CS(=O)(=O)NCCn1cc([C@H](O)c2ccccc2)nn1. The highest BCUT2D eigenvalue weighted by Crippen LogP contribution is 2.18. The van der Waals surface area contributed by atoms with E-state index < -0.39 is 16.1 Å². The molecule has 0 saturated carbocycles. The first kappa shape index (κ1) is 14.6. The third-order valence-corrected chi connectivity index (χ3v) is 3.39. The van der Waals surface area contributed by atoms with E-state index in [0.29, 0.717) is 12.2 Å². The summed E-state index contributed by atoms with van der Waals surface area (Å²) >= 11 is 0. The molecule has 0 bridgehead atoms. The Kier molecular flexibility index (Phi) is 4.48. The van der Waals surface area contributed by atoms with E-state index >= 15 is 0 Å². The van der Waals surface area contributed by atoms with Gasteiger partial charge in [-0.15, -0.1) is 5.10 Å². The molecule has 1 heterocycles. The van der Waals surface area contributed by atoms with Crippen molar-refractivity contribution in [2.24, 2.45) is 0 Å². The van der Waals surface area contributed by atoms with Crippen LogP contribution >= 0.6 is 0 Å². The number of hydrogen-bond donors (Lipinski definition) is 2. The minimum Gasteiger partial charge on any atom is -0.382 e. The molecule has 0 radical (unpaired) electrons. The zero-order valence-electron chi connectivity index (χ0n) is 11.0. The van der Waals surface area contributed by atoms with Crippen LogP contribution in [0.15, 0.2) is 36.5 Å². The Bertz CT molecular complexity index is 654. The summed E-state index contributed by atoms with van der Waals surface area (Å²) in [7, 11) is -3.21. The van der Waals surface area contributed by atoms with Gasteiger partial charge in [-0.05, 0) is 5.56 Å². The van der Waals surface area contributed by atoms with E-state index in [1.54, 1.807) is 18.3 Å². The quantitative estimate of drug-likeness (QED) is 0.776. The topological polar surface area (TPSA) is 97.1 Å². The minimum atomic E-state index is -3.21. The van der Waals surface area contributed by atoms with Gasteiger partial charge >= 0.3 is 0 Å². The molecule has 2 rings (SSSR count). The molecule has 0 amide bonds. The summed E-state index contributed by atoms with van der Waals surface area (Å²) in [5, 5.41) is 17.9. The van der Waals surface area contributed by atoms with Crippen molar-refractivity contribution >= 4 is 10.0 Å². The zero-order chi connectivity index (χ0) is 14.6. The first-order chi connectivity index (χ1) is 9.46. The lowest BCUT2D eigenvalue weighted by Crippen LogP contribution is -2.26. The van der Waals surface area contributed by atoms with Crippen LogP contribution in [0.3, 0.4) is 0 Å².